The lowest BCUT2D eigenvalue weighted by molar-refractivity contribution is 0.819. The summed E-state index contributed by atoms with van der Waals surface area (Å²) >= 11 is 0. The maximum atomic E-state index is 4.16. The van der Waals surface area contributed by atoms with E-state index in [1.165, 1.54) is 21.9 Å². The fourth-order valence-corrected chi connectivity index (χ4v) is 2.11. The van der Waals surface area contributed by atoms with E-state index in [0.717, 1.165) is 12.1 Å². The second-order valence-corrected chi connectivity index (χ2v) is 3.96. The monoisotopic (exact) mass is 211 g/mol. The van der Waals surface area contributed by atoms with Crippen LogP contribution in [0.25, 0.3) is 21.8 Å². The van der Waals surface area contributed by atoms with E-state index in [4.69, 9.17) is 0 Å². The maximum absolute atomic E-state index is 4.16. The molecule has 16 heavy (non-hydrogen) atoms. The number of fused-ring (bicyclic) bond motifs is 3. The molecule has 3 heteroatoms. The van der Waals surface area contributed by atoms with E-state index in [1.54, 1.807) is 0 Å². The van der Waals surface area contributed by atoms with Crippen LogP contribution >= 0.6 is 0 Å². The van der Waals surface area contributed by atoms with Crippen molar-refractivity contribution < 1.29 is 0 Å². The van der Waals surface area contributed by atoms with Gasteiger partial charge in [0.15, 0.2) is 0 Å². The van der Waals surface area contributed by atoms with Gasteiger partial charge >= 0.3 is 0 Å². The van der Waals surface area contributed by atoms with E-state index in [1.807, 2.05) is 25.5 Å². The summed E-state index contributed by atoms with van der Waals surface area (Å²) in [7, 11) is 1.96. The molecule has 80 valence electrons. The molecule has 0 fully saturated rings. The van der Waals surface area contributed by atoms with Crippen LogP contribution in [0.15, 0.2) is 36.7 Å². The molecule has 2 N–H and O–H groups in total. The van der Waals surface area contributed by atoms with Gasteiger partial charge in [0, 0.05) is 40.7 Å². The molecule has 3 nitrogen and oxygen atoms in total. The van der Waals surface area contributed by atoms with Crippen molar-refractivity contribution in [2.75, 3.05) is 7.05 Å². The number of aromatic amines is 1. The predicted molar refractivity (Wildman–Crippen MR) is 66.4 cm³/mol. The van der Waals surface area contributed by atoms with Crippen LogP contribution in [0.1, 0.15) is 5.56 Å². The zero-order chi connectivity index (χ0) is 11.0. The van der Waals surface area contributed by atoms with Crippen LogP contribution in [0.3, 0.4) is 0 Å². The molecule has 3 rings (SSSR count). The molecule has 0 spiro atoms. The molecule has 0 aliphatic rings. The average Bonchev–Trinajstić information content (AvgIpc) is 2.67. The minimum absolute atomic E-state index is 0.892. The molecular formula is C13H13N3. The van der Waals surface area contributed by atoms with E-state index < -0.39 is 0 Å². The lowest BCUT2D eigenvalue weighted by Gasteiger charge is -1.99. The second kappa shape index (κ2) is 3.61. The Morgan fingerprint density at radius 3 is 3.00 bits per heavy atom. The summed E-state index contributed by atoms with van der Waals surface area (Å²) in [5.74, 6) is 0. The Hall–Kier alpha value is -1.87. The van der Waals surface area contributed by atoms with Crippen LogP contribution in [-0.4, -0.2) is 17.0 Å². The summed E-state index contributed by atoms with van der Waals surface area (Å²) in [5.41, 5.74) is 3.61. The fraction of sp³-hybridized carbons (Fsp3) is 0.154. The van der Waals surface area contributed by atoms with Crippen LogP contribution in [0, 0.1) is 0 Å². The first-order valence-corrected chi connectivity index (χ1v) is 5.37. The fourth-order valence-electron chi connectivity index (χ4n) is 2.11. The van der Waals surface area contributed by atoms with Crippen LogP contribution in [0.5, 0.6) is 0 Å². The Labute approximate surface area is 93.5 Å². The Morgan fingerprint density at radius 2 is 2.12 bits per heavy atom. The largest absolute Gasteiger partial charge is 0.354 e. The number of nitrogens with zero attached hydrogens (tertiary/aromatic N) is 1. The van der Waals surface area contributed by atoms with Crippen molar-refractivity contribution >= 4 is 21.8 Å². The van der Waals surface area contributed by atoms with Crippen LogP contribution in [0.4, 0.5) is 0 Å². The molecular weight excluding hydrogens is 198 g/mol. The highest BCUT2D eigenvalue weighted by Crippen LogP contribution is 2.24. The predicted octanol–water partition coefficient (Wildman–Crippen LogP) is 2.44. The topological polar surface area (TPSA) is 40.7 Å². The van der Waals surface area contributed by atoms with E-state index >= 15 is 0 Å². The van der Waals surface area contributed by atoms with Crippen molar-refractivity contribution in [1.82, 2.24) is 15.3 Å². The smallest absolute Gasteiger partial charge is 0.0495 e. The average molecular weight is 211 g/mol. The summed E-state index contributed by atoms with van der Waals surface area (Å²) in [5, 5.41) is 5.58. The summed E-state index contributed by atoms with van der Waals surface area (Å²) in [4.78, 5) is 7.57. The zero-order valence-corrected chi connectivity index (χ0v) is 9.12. The second-order valence-electron chi connectivity index (χ2n) is 3.96. The van der Waals surface area contributed by atoms with Crippen LogP contribution in [0.2, 0.25) is 0 Å². The summed E-state index contributed by atoms with van der Waals surface area (Å²) in [6.45, 7) is 0.892. The Morgan fingerprint density at radius 1 is 1.19 bits per heavy atom. The van der Waals surface area contributed by atoms with Crippen molar-refractivity contribution in [2.24, 2.45) is 0 Å². The molecule has 0 bridgehead atoms. The van der Waals surface area contributed by atoms with Gasteiger partial charge in [-0.1, -0.05) is 12.1 Å². The van der Waals surface area contributed by atoms with Gasteiger partial charge in [-0.3, -0.25) is 4.98 Å². The van der Waals surface area contributed by atoms with Crippen molar-refractivity contribution in [1.29, 1.82) is 0 Å². The van der Waals surface area contributed by atoms with Gasteiger partial charge in [-0.05, 0) is 24.7 Å². The molecule has 0 saturated carbocycles. The Bertz CT molecular complexity index is 640. The SMILES string of the molecule is CNCc1ccc2c(c1)[nH]c1ccncc12. The third-order valence-corrected chi connectivity index (χ3v) is 2.85. The van der Waals surface area contributed by atoms with Gasteiger partial charge in [-0.25, -0.2) is 0 Å². The molecule has 0 radical (unpaired) electrons. The van der Waals surface area contributed by atoms with E-state index in [9.17, 15) is 0 Å². The zero-order valence-electron chi connectivity index (χ0n) is 9.12. The normalized spacial score (nSPS) is 11.3. The lowest BCUT2D eigenvalue weighted by atomic mass is 10.1. The molecule has 0 unspecified atom stereocenters. The highest BCUT2D eigenvalue weighted by Gasteiger charge is 2.03. The van der Waals surface area contributed by atoms with Gasteiger partial charge in [-0.2, -0.15) is 0 Å². The van der Waals surface area contributed by atoms with Gasteiger partial charge in [0.05, 0.1) is 0 Å². The Kier molecular flexibility index (Phi) is 2.11. The third-order valence-electron chi connectivity index (χ3n) is 2.85. The molecule has 3 aromatic rings. The Balaban J connectivity index is 2.28. The number of benzene rings is 1. The number of H-pyrrole nitrogens is 1. The molecule has 0 saturated heterocycles. The molecule has 2 heterocycles. The van der Waals surface area contributed by atoms with E-state index in [2.05, 4.69) is 33.5 Å². The number of hydrogen-bond acceptors (Lipinski definition) is 2. The first kappa shape index (κ1) is 9.36. The summed E-state index contributed by atoms with van der Waals surface area (Å²) in [6, 6.07) is 8.50. The van der Waals surface area contributed by atoms with E-state index in [-0.39, 0.29) is 0 Å². The standard InChI is InChI=1S/C13H13N3/c1-14-7-9-2-3-10-11-8-15-5-4-12(11)16-13(10)6-9/h2-6,8,14,16H,7H2,1H3. The summed E-state index contributed by atoms with van der Waals surface area (Å²) < 4.78 is 0. The molecule has 0 amide bonds. The van der Waals surface area contributed by atoms with Crippen molar-refractivity contribution in [3.05, 3.63) is 42.2 Å². The number of pyridine rings is 1. The lowest BCUT2D eigenvalue weighted by Crippen LogP contribution is -2.04. The van der Waals surface area contributed by atoms with E-state index in [0.29, 0.717) is 0 Å². The number of nitrogens with one attached hydrogen (secondary N) is 2. The first-order valence-electron chi connectivity index (χ1n) is 5.37. The molecule has 2 aromatic heterocycles. The van der Waals surface area contributed by atoms with Gasteiger partial charge in [-0.15, -0.1) is 0 Å². The maximum Gasteiger partial charge on any atom is 0.0495 e. The van der Waals surface area contributed by atoms with Gasteiger partial charge in [0.25, 0.3) is 0 Å². The van der Waals surface area contributed by atoms with Crippen LogP contribution in [-0.2, 0) is 6.54 Å². The quantitative estimate of drug-likeness (QED) is 0.683. The number of hydrogen-bond donors (Lipinski definition) is 2. The molecule has 0 atom stereocenters. The van der Waals surface area contributed by atoms with Crippen molar-refractivity contribution in [2.45, 2.75) is 6.54 Å². The summed E-state index contributed by atoms with van der Waals surface area (Å²) in [6.07, 6.45) is 3.72. The first-order chi connectivity index (χ1) is 7.88. The van der Waals surface area contributed by atoms with Crippen LogP contribution < -0.4 is 5.32 Å². The van der Waals surface area contributed by atoms with Crippen molar-refractivity contribution in [3.63, 3.8) is 0 Å². The number of rotatable bonds is 2. The molecule has 1 aromatic carbocycles. The van der Waals surface area contributed by atoms with Gasteiger partial charge in [0.1, 0.15) is 0 Å². The molecule has 0 aliphatic carbocycles. The van der Waals surface area contributed by atoms with Gasteiger partial charge in [0.2, 0.25) is 0 Å². The highest BCUT2D eigenvalue weighted by molar-refractivity contribution is 6.06. The van der Waals surface area contributed by atoms with Crippen molar-refractivity contribution in [3.8, 4) is 0 Å². The molecule has 0 aliphatic heterocycles. The third kappa shape index (κ3) is 1.37. The number of aromatic nitrogens is 2. The van der Waals surface area contributed by atoms with Gasteiger partial charge < -0.3 is 10.3 Å². The highest BCUT2D eigenvalue weighted by atomic mass is 14.8. The minimum atomic E-state index is 0.892. The minimum Gasteiger partial charge on any atom is -0.354 e.